The number of aryl methyl sites for hydroxylation is 1. The maximum absolute atomic E-state index is 12.7. The van der Waals surface area contributed by atoms with E-state index < -0.39 is 0 Å². The van der Waals surface area contributed by atoms with Crippen molar-refractivity contribution in [2.24, 2.45) is 0 Å². The van der Waals surface area contributed by atoms with Gasteiger partial charge >= 0.3 is 0 Å². The van der Waals surface area contributed by atoms with Gasteiger partial charge in [-0.1, -0.05) is 48.5 Å². The van der Waals surface area contributed by atoms with E-state index in [1.165, 1.54) is 5.56 Å². The summed E-state index contributed by atoms with van der Waals surface area (Å²) >= 11 is 0. The molecule has 25 heavy (non-hydrogen) atoms. The molecule has 0 saturated carbocycles. The van der Waals surface area contributed by atoms with E-state index >= 15 is 0 Å². The van der Waals surface area contributed by atoms with Crippen LogP contribution in [0.2, 0.25) is 0 Å². The number of nitrogens with one attached hydrogen (secondary N) is 1. The number of Topliss-reactive ketones (excluding diaryl/α,β-unsaturated/α-hetero) is 1. The second-order valence-electron chi connectivity index (χ2n) is 6.38. The van der Waals surface area contributed by atoms with Crippen LogP contribution < -0.4 is 5.32 Å². The van der Waals surface area contributed by atoms with Crippen LogP contribution in [0.5, 0.6) is 0 Å². The van der Waals surface area contributed by atoms with E-state index in [2.05, 4.69) is 27.4 Å². The van der Waals surface area contributed by atoms with Crippen molar-refractivity contribution in [2.75, 3.05) is 5.32 Å². The molecular weight excluding hydrogens is 310 g/mol. The van der Waals surface area contributed by atoms with E-state index in [4.69, 9.17) is 0 Å². The summed E-state index contributed by atoms with van der Waals surface area (Å²) in [6.45, 7) is 1.89. The van der Waals surface area contributed by atoms with E-state index in [1.54, 1.807) is 0 Å². The Kier molecular flexibility index (Phi) is 4.02. The Balaban J connectivity index is 1.68. The Morgan fingerprint density at radius 1 is 0.920 bits per heavy atom. The summed E-state index contributed by atoms with van der Waals surface area (Å²) in [5.74, 6) is 0.864. The van der Waals surface area contributed by atoms with Gasteiger partial charge in [0.15, 0.2) is 5.78 Å². The average molecular weight is 329 g/mol. The van der Waals surface area contributed by atoms with Crippen LogP contribution in [-0.2, 0) is 6.42 Å². The Labute approximate surface area is 147 Å². The minimum absolute atomic E-state index is 0.138. The molecule has 0 radical (unpaired) electrons. The van der Waals surface area contributed by atoms with E-state index in [-0.39, 0.29) is 11.7 Å². The number of rotatable bonds is 3. The summed E-state index contributed by atoms with van der Waals surface area (Å²) < 4.78 is 0. The molecule has 4 rings (SSSR count). The third-order valence-electron chi connectivity index (χ3n) is 4.62. The molecule has 2 aromatic carbocycles. The van der Waals surface area contributed by atoms with Gasteiger partial charge < -0.3 is 5.32 Å². The molecule has 124 valence electrons. The van der Waals surface area contributed by atoms with Gasteiger partial charge in [-0.3, -0.25) is 4.79 Å². The fourth-order valence-corrected chi connectivity index (χ4v) is 3.44. The summed E-state index contributed by atoms with van der Waals surface area (Å²) in [5, 5.41) is 3.23. The first-order valence-corrected chi connectivity index (χ1v) is 8.48. The predicted molar refractivity (Wildman–Crippen MR) is 98.3 cm³/mol. The van der Waals surface area contributed by atoms with Gasteiger partial charge in [0.05, 0.1) is 17.0 Å². The molecular formula is C21H19N3O. The van der Waals surface area contributed by atoms with Crippen molar-refractivity contribution in [1.82, 2.24) is 9.97 Å². The van der Waals surface area contributed by atoms with E-state index in [0.29, 0.717) is 17.9 Å². The molecule has 1 atom stereocenters. The summed E-state index contributed by atoms with van der Waals surface area (Å²) in [6, 6.07) is 20.0. The van der Waals surface area contributed by atoms with Crippen LogP contribution in [0.1, 0.15) is 39.6 Å². The highest BCUT2D eigenvalue weighted by Crippen LogP contribution is 2.33. The third-order valence-corrected chi connectivity index (χ3v) is 4.62. The number of ketones is 1. The SMILES string of the molecule is Cc1nc(Nc2ccccc2)nc2c1C(=O)CC(c1ccccc1)C2. The van der Waals surface area contributed by atoms with Crippen LogP contribution in [-0.4, -0.2) is 15.8 Å². The average Bonchev–Trinajstić information content (AvgIpc) is 2.62. The van der Waals surface area contributed by atoms with Gasteiger partial charge in [-0.15, -0.1) is 0 Å². The zero-order valence-electron chi connectivity index (χ0n) is 14.1. The number of fused-ring (bicyclic) bond motifs is 1. The van der Waals surface area contributed by atoms with Crippen LogP contribution >= 0.6 is 0 Å². The van der Waals surface area contributed by atoms with Crippen molar-refractivity contribution in [3.8, 4) is 0 Å². The van der Waals surface area contributed by atoms with Crippen LogP contribution in [0.25, 0.3) is 0 Å². The molecule has 0 amide bonds. The first kappa shape index (κ1) is 15.5. The zero-order chi connectivity index (χ0) is 17.2. The second kappa shape index (κ2) is 6.48. The minimum Gasteiger partial charge on any atom is -0.324 e. The van der Waals surface area contributed by atoms with Crippen molar-refractivity contribution in [2.45, 2.75) is 25.7 Å². The van der Waals surface area contributed by atoms with Crippen LogP contribution in [0.3, 0.4) is 0 Å². The molecule has 1 heterocycles. The molecule has 1 aliphatic carbocycles. The highest BCUT2D eigenvalue weighted by Gasteiger charge is 2.29. The smallest absolute Gasteiger partial charge is 0.227 e. The summed E-state index contributed by atoms with van der Waals surface area (Å²) in [7, 11) is 0. The quantitative estimate of drug-likeness (QED) is 0.772. The Bertz CT molecular complexity index is 907. The lowest BCUT2D eigenvalue weighted by atomic mass is 9.81. The number of para-hydroxylation sites is 1. The van der Waals surface area contributed by atoms with Crippen LogP contribution in [0.15, 0.2) is 60.7 Å². The molecule has 0 spiro atoms. The third kappa shape index (κ3) is 3.15. The van der Waals surface area contributed by atoms with Crippen molar-refractivity contribution in [3.05, 3.63) is 83.2 Å². The maximum atomic E-state index is 12.7. The molecule has 0 fully saturated rings. The lowest BCUT2D eigenvalue weighted by Crippen LogP contribution is -2.22. The number of carbonyl (C=O) groups is 1. The topological polar surface area (TPSA) is 54.9 Å². The van der Waals surface area contributed by atoms with Crippen molar-refractivity contribution >= 4 is 17.4 Å². The molecule has 0 aliphatic heterocycles. The molecule has 1 N–H and O–H groups in total. The minimum atomic E-state index is 0.138. The molecule has 3 aromatic rings. The summed E-state index contributed by atoms with van der Waals surface area (Å²) in [6.07, 6.45) is 1.28. The summed E-state index contributed by atoms with van der Waals surface area (Å²) in [4.78, 5) is 21.8. The van der Waals surface area contributed by atoms with Gasteiger partial charge in [0.1, 0.15) is 0 Å². The number of aromatic nitrogens is 2. The molecule has 1 aromatic heterocycles. The maximum Gasteiger partial charge on any atom is 0.227 e. The largest absolute Gasteiger partial charge is 0.324 e. The number of hydrogen-bond donors (Lipinski definition) is 1. The summed E-state index contributed by atoms with van der Waals surface area (Å²) in [5.41, 5.74) is 4.42. The van der Waals surface area contributed by atoms with Gasteiger partial charge in [0.2, 0.25) is 5.95 Å². The highest BCUT2D eigenvalue weighted by atomic mass is 16.1. The van der Waals surface area contributed by atoms with Gasteiger partial charge in [0.25, 0.3) is 0 Å². The van der Waals surface area contributed by atoms with Crippen molar-refractivity contribution < 1.29 is 4.79 Å². The van der Waals surface area contributed by atoms with E-state index in [1.807, 2.05) is 55.5 Å². The standard InChI is InChI=1S/C21H19N3O/c1-14-20-18(24-21(22-14)23-17-10-6-3-7-11-17)12-16(13-19(20)25)15-8-4-2-5-9-15/h2-11,16H,12-13H2,1H3,(H,22,23,24). The number of benzene rings is 2. The van der Waals surface area contributed by atoms with Gasteiger partial charge in [-0.25, -0.2) is 9.97 Å². The molecule has 1 aliphatic rings. The Hall–Kier alpha value is -3.01. The Morgan fingerprint density at radius 2 is 1.60 bits per heavy atom. The highest BCUT2D eigenvalue weighted by molar-refractivity contribution is 5.99. The number of carbonyl (C=O) groups excluding carboxylic acids is 1. The lowest BCUT2D eigenvalue weighted by Gasteiger charge is -2.24. The van der Waals surface area contributed by atoms with Gasteiger partial charge in [0, 0.05) is 12.1 Å². The lowest BCUT2D eigenvalue weighted by molar-refractivity contribution is 0.0962. The fraction of sp³-hybridized carbons (Fsp3) is 0.190. The number of hydrogen-bond acceptors (Lipinski definition) is 4. The monoisotopic (exact) mass is 329 g/mol. The second-order valence-corrected chi connectivity index (χ2v) is 6.38. The van der Waals surface area contributed by atoms with Crippen molar-refractivity contribution in [3.63, 3.8) is 0 Å². The van der Waals surface area contributed by atoms with Crippen LogP contribution in [0.4, 0.5) is 11.6 Å². The van der Waals surface area contributed by atoms with Crippen LogP contribution in [0, 0.1) is 6.92 Å². The van der Waals surface area contributed by atoms with Gasteiger partial charge in [-0.05, 0) is 37.0 Å². The number of anilines is 2. The van der Waals surface area contributed by atoms with Gasteiger partial charge in [-0.2, -0.15) is 0 Å². The molecule has 4 heteroatoms. The molecule has 4 nitrogen and oxygen atoms in total. The zero-order valence-corrected chi connectivity index (χ0v) is 14.1. The predicted octanol–water partition coefficient (Wildman–Crippen LogP) is 4.44. The van der Waals surface area contributed by atoms with E-state index in [9.17, 15) is 4.79 Å². The molecule has 0 saturated heterocycles. The Morgan fingerprint density at radius 3 is 2.32 bits per heavy atom. The fourth-order valence-electron chi connectivity index (χ4n) is 3.44. The van der Waals surface area contributed by atoms with Crippen molar-refractivity contribution in [1.29, 1.82) is 0 Å². The number of nitrogens with zero attached hydrogens (tertiary/aromatic N) is 2. The normalized spacial score (nSPS) is 16.4. The first-order chi connectivity index (χ1) is 12.2. The van der Waals surface area contributed by atoms with E-state index in [0.717, 1.165) is 23.5 Å². The molecule has 0 bridgehead atoms. The molecule has 1 unspecified atom stereocenters. The first-order valence-electron chi connectivity index (χ1n) is 8.48.